The SMILES string of the molecule is Cc1cocc1[C@@H](O)[C@@]1(C)C(=O)CCC[C@@H]1C. The van der Waals surface area contributed by atoms with E-state index in [1.165, 1.54) is 0 Å². The van der Waals surface area contributed by atoms with E-state index in [4.69, 9.17) is 4.42 Å². The van der Waals surface area contributed by atoms with Gasteiger partial charge in [0.2, 0.25) is 0 Å². The summed E-state index contributed by atoms with van der Waals surface area (Å²) < 4.78 is 5.10. The molecule has 94 valence electrons. The largest absolute Gasteiger partial charge is 0.472 e. The molecule has 0 saturated heterocycles. The Labute approximate surface area is 102 Å². The van der Waals surface area contributed by atoms with Gasteiger partial charge >= 0.3 is 0 Å². The first-order valence-corrected chi connectivity index (χ1v) is 6.22. The van der Waals surface area contributed by atoms with Crippen LogP contribution in [0.1, 0.15) is 50.3 Å². The summed E-state index contributed by atoms with van der Waals surface area (Å²) >= 11 is 0. The molecule has 3 atom stereocenters. The molecule has 1 heterocycles. The first-order chi connectivity index (χ1) is 7.98. The highest BCUT2D eigenvalue weighted by Gasteiger charge is 2.47. The van der Waals surface area contributed by atoms with Gasteiger partial charge in [0.25, 0.3) is 0 Å². The summed E-state index contributed by atoms with van der Waals surface area (Å²) in [4.78, 5) is 12.2. The van der Waals surface area contributed by atoms with Gasteiger partial charge in [-0.05, 0) is 38.2 Å². The van der Waals surface area contributed by atoms with Gasteiger partial charge in [0.05, 0.1) is 24.0 Å². The maximum atomic E-state index is 12.2. The molecule has 1 fully saturated rings. The van der Waals surface area contributed by atoms with E-state index >= 15 is 0 Å². The number of hydrogen-bond donors (Lipinski definition) is 1. The highest BCUT2D eigenvalue weighted by Crippen LogP contribution is 2.47. The lowest BCUT2D eigenvalue weighted by molar-refractivity contribution is -0.143. The lowest BCUT2D eigenvalue weighted by Gasteiger charge is -2.41. The van der Waals surface area contributed by atoms with E-state index in [0.717, 1.165) is 24.0 Å². The minimum Gasteiger partial charge on any atom is -0.472 e. The molecule has 0 amide bonds. The fourth-order valence-electron chi connectivity index (χ4n) is 2.81. The topological polar surface area (TPSA) is 50.4 Å². The first-order valence-electron chi connectivity index (χ1n) is 6.22. The molecular weight excluding hydrogens is 216 g/mol. The van der Waals surface area contributed by atoms with Crippen LogP contribution in [0.25, 0.3) is 0 Å². The highest BCUT2D eigenvalue weighted by atomic mass is 16.3. The predicted molar refractivity (Wildman–Crippen MR) is 64.5 cm³/mol. The van der Waals surface area contributed by atoms with Crippen molar-refractivity contribution in [1.29, 1.82) is 0 Å². The van der Waals surface area contributed by atoms with Gasteiger partial charge in [-0.1, -0.05) is 6.92 Å². The average Bonchev–Trinajstić information content (AvgIpc) is 2.71. The molecule has 0 radical (unpaired) electrons. The molecule has 1 N–H and O–H groups in total. The standard InChI is InChI=1S/C14H20O3/c1-9-7-17-8-11(9)13(16)14(3)10(2)5-4-6-12(14)15/h7-8,10,13,16H,4-6H2,1-3H3/t10-,13+,14+/m0/s1. The van der Waals surface area contributed by atoms with E-state index in [2.05, 4.69) is 6.92 Å². The number of aliphatic hydroxyl groups excluding tert-OH is 1. The van der Waals surface area contributed by atoms with Gasteiger partial charge in [-0.3, -0.25) is 4.79 Å². The van der Waals surface area contributed by atoms with Crippen LogP contribution in [0.4, 0.5) is 0 Å². The molecular formula is C14H20O3. The molecule has 1 aromatic heterocycles. The number of rotatable bonds is 2. The Kier molecular flexibility index (Phi) is 3.13. The zero-order valence-corrected chi connectivity index (χ0v) is 10.7. The third-order valence-corrected chi connectivity index (χ3v) is 4.42. The number of ketones is 1. The zero-order chi connectivity index (χ0) is 12.6. The van der Waals surface area contributed by atoms with Crippen LogP contribution in [0.5, 0.6) is 0 Å². The Morgan fingerprint density at radius 3 is 2.76 bits per heavy atom. The van der Waals surface area contributed by atoms with Crippen LogP contribution >= 0.6 is 0 Å². The van der Waals surface area contributed by atoms with E-state index in [9.17, 15) is 9.90 Å². The average molecular weight is 236 g/mol. The highest BCUT2D eigenvalue weighted by molar-refractivity contribution is 5.86. The normalized spacial score (nSPS) is 31.5. The molecule has 3 nitrogen and oxygen atoms in total. The van der Waals surface area contributed by atoms with Gasteiger partial charge < -0.3 is 9.52 Å². The van der Waals surface area contributed by atoms with Crippen molar-refractivity contribution in [3.05, 3.63) is 23.7 Å². The van der Waals surface area contributed by atoms with E-state index in [-0.39, 0.29) is 11.7 Å². The second kappa shape index (κ2) is 4.30. The summed E-state index contributed by atoms with van der Waals surface area (Å²) in [5.41, 5.74) is 0.978. The minimum absolute atomic E-state index is 0.171. The number of carbonyl (C=O) groups excluding carboxylic acids is 1. The minimum atomic E-state index is -0.760. The number of aryl methyl sites for hydroxylation is 1. The first kappa shape index (κ1) is 12.4. The fourth-order valence-corrected chi connectivity index (χ4v) is 2.81. The Balaban J connectivity index is 2.37. The fraction of sp³-hybridized carbons (Fsp3) is 0.643. The van der Waals surface area contributed by atoms with Crippen LogP contribution in [0.15, 0.2) is 16.9 Å². The van der Waals surface area contributed by atoms with Crippen molar-refractivity contribution in [2.75, 3.05) is 0 Å². The van der Waals surface area contributed by atoms with Crippen molar-refractivity contribution in [3.63, 3.8) is 0 Å². The van der Waals surface area contributed by atoms with Crippen LogP contribution in [-0.4, -0.2) is 10.9 Å². The summed E-state index contributed by atoms with van der Waals surface area (Å²) in [6, 6.07) is 0. The quantitative estimate of drug-likeness (QED) is 0.858. The Morgan fingerprint density at radius 2 is 2.24 bits per heavy atom. The number of Topliss-reactive ketones (excluding diaryl/α,β-unsaturated/α-hetero) is 1. The van der Waals surface area contributed by atoms with Crippen molar-refractivity contribution < 1.29 is 14.3 Å². The lowest BCUT2D eigenvalue weighted by atomic mass is 9.63. The molecule has 0 spiro atoms. The van der Waals surface area contributed by atoms with Crippen molar-refractivity contribution in [2.24, 2.45) is 11.3 Å². The molecule has 0 bridgehead atoms. The molecule has 17 heavy (non-hydrogen) atoms. The molecule has 1 saturated carbocycles. The van der Waals surface area contributed by atoms with Gasteiger partial charge in [0, 0.05) is 12.0 Å². The number of hydrogen-bond acceptors (Lipinski definition) is 3. The molecule has 0 aromatic carbocycles. The van der Waals surface area contributed by atoms with Crippen LogP contribution < -0.4 is 0 Å². The second-order valence-electron chi connectivity index (χ2n) is 5.41. The van der Waals surface area contributed by atoms with Gasteiger partial charge in [0.1, 0.15) is 5.78 Å². The van der Waals surface area contributed by atoms with E-state index in [1.807, 2.05) is 13.8 Å². The summed E-state index contributed by atoms with van der Waals surface area (Å²) in [6.07, 6.45) is 4.92. The van der Waals surface area contributed by atoms with Crippen molar-refractivity contribution in [3.8, 4) is 0 Å². The number of furan rings is 1. The lowest BCUT2D eigenvalue weighted by Crippen LogP contribution is -2.43. The second-order valence-corrected chi connectivity index (χ2v) is 5.41. The van der Waals surface area contributed by atoms with Crippen LogP contribution in [-0.2, 0) is 4.79 Å². The Morgan fingerprint density at radius 1 is 1.53 bits per heavy atom. The third-order valence-electron chi connectivity index (χ3n) is 4.42. The maximum absolute atomic E-state index is 12.2. The van der Waals surface area contributed by atoms with Crippen LogP contribution in [0.3, 0.4) is 0 Å². The summed E-state index contributed by atoms with van der Waals surface area (Å²) in [7, 11) is 0. The summed E-state index contributed by atoms with van der Waals surface area (Å²) in [5, 5.41) is 10.5. The molecule has 1 aliphatic carbocycles. The number of aliphatic hydroxyl groups is 1. The predicted octanol–water partition coefficient (Wildman–Crippen LogP) is 3.02. The van der Waals surface area contributed by atoms with E-state index < -0.39 is 11.5 Å². The molecule has 1 aromatic rings. The molecule has 2 rings (SSSR count). The maximum Gasteiger partial charge on any atom is 0.141 e. The van der Waals surface area contributed by atoms with Gasteiger partial charge in [-0.2, -0.15) is 0 Å². The van der Waals surface area contributed by atoms with Crippen molar-refractivity contribution >= 4 is 5.78 Å². The summed E-state index contributed by atoms with van der Waals surface area (Å²) in [6.45, 7) is 5.83. The molecule has 0 unspecified atom stereocenters. The zero-order valence-electron chi connectivity index (χ0n) is 10.7. The van der Waals surface area contributed by atoms with Gasteiger partial charge in [-0.15, -0.1) is 0 Å². The van der Waals surface area contributed by atoms with Crippen molar-refractivity contribution in [1.82, 2.24) is 0 Å². The third kappa shape index (κ3) is 1.82. The molecule has 0 aliphatic heterocycles. The molecule has 3 heteroatoms. The van der Waals surface area contributed by atoms with Gasteiger partial charge in [-0.25, -0.2) is 0 Å². The monoisotopic (exact) mass is 236 g/mol. The van der Waals surface area contributed by atoms with Gasteiger partial charge in [0.15, 0.2) is 0 Å². The van der Waals surface area contributed by atoms with Crippen molar-refractivity contribution in [2.45, 2.75) is 46.1 Å². The Bertz CT molecular complexity index is 421. The van der Waals surface area contributed by atoms with E-state index in [1.54, 1.807) is 12.5 Å². The summed E-state index contributed by atoms with van der Waals surface area (Å²) in [5.74, 6) is 0.373. The number of carbonyl (C=O) groups is 1. The van der Waals surface area contributed by atoms with E-state index in [0.29, 0.717) is 6.42 Å². The van der Waals surface area contributed by atoms with Crippen LogP contribution in [0.2, 0.25) is 0 Å². The Hall–Kier alpha value is -1.09. The molecule has 1 aliphatic rings. The van der Waals surface area contributed by atoms with Crippen LogP contribution in [0, 0.1) is 18.3 Å². The smallest absolute Gasteiger partial charge is 0.141 e.